The van der Waals surface area contributed by atoms with Gasteiger partial charge in [-0.2, -0.15) is 0 Å². The lowest BCUT2D eigenvalue weighted by atomic mass is 10.2. The monoisotopic (exact) mass is 454 g/mol. The second kappa shape index (κ2) is 9.36. The van der Waals surface area contributed by atoms with Gasteiger partial charge >= 0.3 is 0 Å². The number of benzene rings is 2. The number of thiophene rings is 2. The normalized spacial score (nSPS) is 10.9. The predicted molar refractivity (Wildman–Crippen MR) is 126 cm³/mol. The Bertz CT molecular complexity index is 1250. The SMILES string of the molecule is CCNC(=O)COc1ccc(CNC(=O)c2cc3sc4ccccc4c3s2)cc1OC. The Labute approximate surface area is 187 Å². The van der Waals surface area contributed by atoms with Gasteiger partial charge in [-0.05, 0) is 36.8 Å². The second-order valence-electron chi connectivity index (χ2n) is 6.81. The highest BCUT2D eigenvalue weighted by molar-refractivity contribution is 7.33. The van der Waals surface area contributed by atoms with Crippen molar-refractivity contribution in [1.29, 1.82) is 0 Å². The minimum absolute atomic E-state index is 0.0789. The van der Waals surface area contributed by atoms with Crippen molar-refractivity contribution < 1.29 is 19.1 Å². The third-order valence-corrected chi connectivity index (χ3v) is 7.10. The van der Waals surface area contributed by atoms with Crippen molar-refractivity contribution in [2.45, 2.75) is 13.5 Å². The second-order valence-corrected chi connectivity index (χ2v) is 8.95. The molecule has 0 atom stereocenters. The number of carbonyl (C=O) groups excluding carboxylic acids is 2. The van der Waals surface area contributed by atoms with Gasteiger partial charge < -0.3 is 20.1 Å². The molecule has 0 unspecified atom stereocenters. The number of ether oxygens (including phenoxy) is 2. The fourth-order valence-electron chi connectivity index (χ4n) is 3.21. The number of hydrogen-bond acceptors (Lipinski definition) is 6. The van der Waals surface area contributed by atoms with Gasteiger partial charge in [0.1, 0.15) is 0 Å². The molecular weight excluding hydrogens is 432 g/mol. The third kappa shape index (κ3) is 4.65. The molecule has 0 saturated heterocycles. The van der Waals surface area contributed by atoms with Crippen molar-refractivity contribution >= 4 is 54.0 Å². The van der Waals surface area contributed by atoms with Gasteiger partial charge in [0.05, 0.1) is 16.7 Å². The molecule has 31 heavy (non-hydrogen) atoms. The first kappa shape index (κ1) is 21.1. The summed E-state index contributed by atoms with van der Waals surface area (Å²) in [5, 5.41) is 6.84. The zero-order valence-electron chi connectivity index (χ0n) is 17.2. The summed E-state index contributed by atoms with van der Waals surface area (Å²) in [4.78, 5) is 25.0. The van der Waals surface area contributed by atoms with Crippen LogP contribution in [0, 0.1) is 0 Å². The van der Waals surface area contributed by atoms with E-state index in [2.05, 4.69) is 22.8 Å². The van der Waals surface area contributed by atoms with Crippen molar-refractivity contribution in [3.63, 3.8) is 0 Å². The Morgan fingerprint density at radius 1 is 0.968 bits per heavy atom. The van der Waals surface area contributed by atoms with Crippen LogP contribution in [0.1, 0.15) is 22.2 Å². The van der Waals surface area contributed by atoms with Crippen LogP contribution in [0.2, 0.25) is 0 Å². The maximum absolute atomic E-state index is 12.7. The van der Waals surface area contributed by atoms with Gasteiger partial charge in [-0.1, -0.05) is 24.3 Å². The third-order valence-electron chi connectivity index (χ3n) is 4.69. The molecule has 0 bridgehead atoms. The average molecular weight is 455 g/mol. The Kier molecular flexibility index (Phi) is 6.39. The van der Waals surface area contributed by atoms with E-state index in [1.165, 1.54) is 21.4 Å². The summed E-state index contributed by atoms with van der Waals surface area (Å²) >= 11 is 3.22. The van der Waals surface area contributed by atoms with Gasteiger partial charge in [-0.3, -0.25) is 9.59 Å². The average Bonchev–Trinajstić information content (AvgIpc) is 3.34. The molecule has 0 aliphatic carbocycles. The molecule has 0 spiro atoms. The topological polar surface area (TPSA) is 76.7 Å². The minimum Gasteiger partial charge on any atom is -0.493 e. The highest BCUT2D eigenvalue weighted by Gasteiger charge is 2.15. The van der Waals surface area contributed by atoms with Crippen LogP contribution < -0.4 is 20.1 Å². The summed E-state index contributed by atoms with van der Waals surface area (Å²) in [5.41, 5.74) is 0.874. The number of amides is 2. The molecule has 4 aromatic rings. The minimum atomic E-state index is -0.190. The number of rotatable bonds is 8. The molecule has 2 N–H and O–H groups in total. The standard InChI is InChI=1S/C23H22N2O4S2/c1-3-24-21(26)13-29-16-9-8-14(10-17(16)28-2)12-25-23(27)20-11-19-22(31-20)15-6-4-5-7-18(15)30-19/h4-11H,3,12-13H2,1-2H3,(H,24,26)(H,25,27). The zero-order valence-corrected chi connectivity index (χ0v) is 18.8. The summed E-state index contributed by atoms with van der Waals surface area (Å²) in [7, 11) is 1.54. The van der Waals surface area contributed by atoms with Gasteiger partial charge in [0.2, 0.25) is 0 Å². The van der Waals surface area contributed by atoms with Crippen LogP contribution >= 0.6 is 22.7 Å². The van der Waals surface area contributed by atoms with Crippen molar-refractivity contribution in [1.82, 2.24) is 10.6 Å². The predicted octanol–water partition coefficient (Wildman–Crippen LogP) is 4.57. The lowest BCUT2D eigenvalue weighted by molar-refractivity contribution is -0.123. The van der Waals surface area contributed by atoms with Gasteiger partial charge in [0, 0.05) is 27.9 Å². The van der Waals surface area contributed by atoms with E-state index in [1.807, 2.05) is 31.2 Å². The lowest BCUT2D eigenvalue weighted by Gasteiger charge is -2.12. The molecule has 160 valence electrons. The molecule has 0 fully saturated rings. The van der Waals surface area contributed by atoms with Crippen LogP contribution in [0.3, 0.4) is 0 Å². The molecule has 8 heteroatoms. The van der Waals surface area contributed by atoms with E-state index in [4.69, 9.17) is 9.47 Å². The maximum Gasteiger partial charge on any atom is 0.261 e. The van der Waals surface area contributed by atoms with E-state index in [1.54, 1.807) is 30.6 Å². The Balaban J connectivity index is 1.41. The molecule has 2 aromatic heterocycles. The fourth-order valence-corrected chi connectivity index (χ4v) is 5.65. The Hall–Kier alpha value is -3.10. The summed E-state index contributed by atoms with van der Waals surface area (Å²) in [6.07, 6.45) is 0. The van der Waals surface area contributed by atoms with Crippen molar-refractivity contribution in [3.05, 3.63) is 59.0 Å². The highest BCUT2D eigenvalue weighted by atomic mass is 32.1. The quantitative estimate of drug-likeness (QED) is 0.409. The smallest absolute Gasteiger partial charge is 0.261 e. The molecular formula is C23H22N2O4S2. The number of methoxy groups -OCH3 is 1. The Morgan fingerprint density at radius 3 is 2.61 bits per heavy atom. The summed E-state index contributed by atoms with van der Waals surface area (Å²) in [5.74, 6) is 0.700. The molecule has 2 amide bonds. The van der Waals surface area contributed by atoms with Crippen molar-refractivity contribution in [2.24, 2.45) is 0 Å². The van der Waals surface area contributed by atoms with E-state index in [9.17, 15) is 9.59 Å². The molecule has 6 nitrogen and oxygen atoms in total. The first-order valence-corrected chi connectivity index (χ1v) is 11.5. The van der Waals surface area contributed by atoms with Crippen molar-refractivity contribution in [2.75, 3.05) is 20.3 Å². The summed E-state index contributed by atoms with van der Waals surface area (Å²) < 4.78 is 14.4. The van der Waals surface area contributed by atoms with Gasteiger partial charge in [-0.15, -0.1) is 22.7 Å². The molecule has 0 aliphatic rings. The molecule has 2 heterocycles. The summed E-state index contributed by atoms with van der Waals surface area (Å²) in [6.45, 7) is 2.68. The lowest BCUT2D eigenvalue weighted by Crippen LogP contribution is -2.28. The van der Waals surface area contributed by atoms with Gasteiger partial charge in [0.15, 0.2) is 18.1 Å². The Morgan fingerprint density at radius 2 is 1.81 bits per heavy atom. The van der Waals surface area contributed by atoms with Crippen LogP contribution in [0.4, 0.5) is 0 Å². The van der Waals surface area contributed by atoms with Gasteiger partial charge in [-0.25, -0.2) is 0 Å². The van der Waals surface area contributed by atoms with E-state index in [0.29, 0.717) is 29.5 Å². The number of carbonyl (C=O) groups is 2. The van der Waals surface area contributed by atoms with Crippen LogP contribution in [-0.2, 0) is 11.3 Å². The molecule has 4 rings (SSSR count). The number of likely N-dealkylation sites (N-methyl/N-ethyl adjacent to an activating group) is 1. The fraction of sp³-hybridized carbons (Fsp3) is 0.217. The van der Waals surface area contributed by atoms with E-state index >= 15 is 0 Å². The maximum atomic E-state index is 12.7. The number of hydrogen-bond donors (Lipinski definition) is 2. The van der Waals surface area contributed by atoms with E-state index in [-0.39, 0.29) is 18.4 Å². The van der Waals surface area contributed by atoms with Crippen LogP contribution in [-0.4, -0.2) is 32.1 Å². The first-order chi connectivity index (χ1) is 15.1. The molecule has 2 aromatic carbocycles. The largest absolute Gasteiger partial charge is 0.493 e. The molecule has 0 radical (unpaired) electrons. The van der Waals surface area contributed by atoms with Gasteiger partial charge in [0.25, 0.3) is 11.8 Å². The molecule has 0 saturated carbocycles. The number of fused-ring (bicyclic) bond motifs is 3. The zero-order chi connectivity index (χ0) is 21.8. The molecule has 0 aliphatic heterocycles. The van der Waals surface area contributed by atoms with E-state index in [0.717, 1.165) is 15.0 Å². The van der Waals surface area contributed by atoms with Crippen LogP contribution in [0.25, 0.3) is 19.5 Å². The van der Waals surface area contributed by atoms with Crippen molar-refractivity contribution in [3.8, 4) is 11.5 Å². The van der Waals surface area contributed by atoms with E-state index < -0.39 is 0 Å². The number of nitrogens with one attached hydrogen (secondary N) is 2. The van der Waals surface area contributed by atoms with Crippen LogP contribution in [0.15, 0.2) is 48.5 Å². The first-order valence-electron chi connectivity index (χ1n) is 9.84. The van der Waals surface area contributed by atoms with Crippen LogP contribution in [0.5, 0.6) is 11.5 Å². The summed E-state index contributed by atoms with van der Waals surface area (Å²) in [6, 6.07) is 15.6. The highest BCUT2D eigenvalue weighted by Crippen LogP contribution is 2.39.